The Kier molecular flexibility index (Phi) is 6.99. The van der Waals surface area contributed by atoms with Crippen molar-refractivity contribution in [3.05, 3.63) is 0 Å². The quantitative estimate of drug-likeness (QED) is 0.729. The van der Waals surface area contributed by atoms with E-state index in [4.69, 9.17) is 15.2 Å². The molecule has 3 N–H and O–H groups in total. The van der Waals surface area contributed by atoms with Gasteiger partial charge in [-0.1, -0.05) is 6.92 Å². The van der Waals surface area contributed by atoms with Crippen LogP contribution in [0.2, 0.25) is 0 Å². The number of hydrogen-bond acceptors (Lipinski definition) is 5. The lowest BCUT2D eigenvalue weighted by Crippen LogP contribution is -2.58. The van der Waals surface area contributed by atoms with E-state index < -0.39 is 17.2 Å². The minimum absolute atomic E-state index is 0.0368. The fourth-order valence-corrected chi connectivity index (χ4v) is 1.83. The van der Waals surface area contributed by atoms with Gasteiger partial charge in [-0.3, -0.25) is 4.79 Å². The molecule has 20 heavy (non-hydrogen) atoms. The first-order valence-corrected chi connectivity index (χ1v) is 6.95. The molecule has 0 fully saturated rings. The van der Waals surface area contributed by atoms with Gasteiger partial charge in [0.1, 0.15) is 5.60 Å². The smallest absolute Gasteiger partial charge is 0.407 e. The number of alkyl carbamates (subject to hydrolysis) is 1. The van der Waals surface area contributed by atoms with Crippen molar-refractivity contribution in [2.24, 2.45) is 5.73 Å². The van der Waals surface area contributed by atoms with Gasteiger partial charge in [-0.2, -0.15) is 0 Å². The van der Waals surface area contributed by atoms with E-state index in [-0.39, 0.29) is 18.4 Å². The molecular weight excluding hydrogens is 260 g/mol. The molecule has 118 valence electrons. The molecule has 0 bridgehead atoms. The van der Waals surface area contributed by atoms with E-state index in [9.17, 15) is 9.59 Å². The maximum atomic E-state index is 11.8. The number of nitrogens with two attached hydrogens (primary N) is 1. The van der Waals surface area contributed by atoms with Crippen LogP contribution < -0.4 is 11.1 Å². The fraction of sp³-hybridized carbons (Fsp3) is 0.857. The Morgan fingerprint density at radius 1 is 1.20 bits per heavy atom. The lowest BCUT2D eigenvalue weighted by atomic mass is 9.88. The number of hydrogen-bond donors (Lipinski definition) is 2. The van der Waals surface area contributed by atoms with Crippen LogP contribution in [0.4, 0.5) is 4.79 Å². The minimum atomic E-state index is -0.891. The average molecular weight is 288 g/mol. The van der Waals surface area contributed by atoms with Gasteiger partial charge in [0.25, 0.3) is 0 Å². The number of esters is 1. The van der Waals surface area contributed by atoms with Crippen molar-refractivity contribution in [1.82, 2.24) is 5.32 Å². The topological polar surface area (TPSA) is 90.6 Å². The van der Waals surface area contributed by atoms with Crippen molar-refractivity contribution < 1.29 is 19.1 Å². The van der Waals surface area contributed by atoms with E-state index >= 15 is 0 Å². The molecule has 0 aliphatic heterocycles. The number of carbonyl (C=O) groups is 2. The predicted octanol–water partition coefficient (Wildman–Crippen LogP) is 1.96. The fourth-order valence-electron chi connectivity index (χ4n) is 1.83. The summed E-state index contributed by atoms with van der Waals surface area (Å²) in [5.41, 5.74) is 4.68. The summed E-state index contributed by atoms with van der Waals surface area (Å²) in [7, 11) is 0. The highest BCUT2D eigenvalue weighted by molar-refractivity contribution is 5.72. The molecule has 0 aromatic rings. The van der Waals surface area contributed by atoms with Gasteiger partial charge in [-0.15, -0.1) is 0 Å². The number of amides is 1. The maximum absolute atomic E-state index is 11.8. The molecule has 2 unspecified atom stereocenters. The zero-order chi connectivity index (χ0) is 16.0. The second-order valence-corrected chi connectivity index (χ2v) is 6.09. The number of rotatable bonds is 6. The van der Waals surface area contributed by atoms with Gasteiger partial charge in [0.2, 0.25) is 0 Å². The van der Waals surface area contributed by atoms with Crippen LogP contribution in [0.25, 0.3) is 0 Å². The summed E-state index contributed by atoms with van der Waals surface area (Å²) in [6.07, 6.45) is 0.0886. The summed E-state index contributed by atoms with van der Waals surface area (Å²) in [6, 6.07) is -0.373. The summed E-state index contributed by atoms with van der Waals surface area (Å²) in [5.74, 6) is -0.373. The van der Waals surface area contributed by atoms with Crippen LogP contribution in [0, 0.1) is 0 Å². The maximum Gasteiger partial charge on any atom is 0.407 e. The highest BCUT2D eigenvalue weighted by Crippen LogP contribution is 2.17. The highest BCUT2D eigenvalue weighted by atomic mass is 16.6. The molecule has 6 nitrogen and oxygen atoms in total. The molecule has 6 heteroatoms. The van der Waals surface area contributed by atoms with E-state index in [2.05, 4.69) is 5.32 Å². The molecule has 0 aliphatic carbocycles. The van der Waals surface area contributed by atoms with Crippen LogP contribution in [0.15, 0.2) is 0 Å². The van der Waals surface area contributed by atoms with E-state index in [0.29, 0.717) is 13.0 Å². The monoisotopic (exact) mass is 288 g/mol. The van der Waals surface area contributed by atoms with Crippen molar-refractivity contribution in [3.63, 3.8) is 0 Å². The molecule has 0 saturated carbocycles. The highest BCUT2D eigenvalue weighted by Gasteiger charge is 2.34. The van der Waals surface area contributed by atoms with E-state index in [1.165, 1.54) is 0 Å². The molecule has 0 aromatic heterocycles. The summed E-state index contributed by atoms with van der Waals surface area (Å²) < 4.78 is 10.1. The molecule has 0 aliphatic rings. The van der Waals surface area contributed by atoms with Gasteiger partial charge in [0, 0.05) is 5.54 Å². The first-order valence-electron chi connectivity index (χ1n) is 6.95. The van der Waals surface area contributed by atoms with Crippen molar-refractivity contribution in [1.29, 1.82) is 0 Å². The standard InChI is InChI=1S/C14H28N2O4/c1-7-10(16-12(18)20-13(3,4)5)14(6,15)9-11(17)19-8-2/h10H,7-9,15H2,1-6H3,(H,16,18). The first kappa shape index (κ1) is 18.7. The summed E-state index contributed by atoms with van der Waals surface area (Å²) in [4.78, 5) is 23.3. The second kappa shape index (κ2) is 7.47. The van der Waals surface area contributed by atoms with Gasteiger partial charge < -0.3 is 20.5 Å². The third-order valence-corrected chi connectivity index (χ3v) is 2.73. The van der Waals surface area contributed by atoms with Gasteiger partial charge >= 0.3 is 12.1 Å². The predicted molar refractivity (Wildman–Crippen MR) is 77.3 cm³/mol. The van der Waals surface area contributed by atoms with E-state index in [1.54, 1.807) is 34.6 Å². The Bertz CT molecular complexity index is 335. The average Bonchev–Trinajstić information content (AvgIpc) is 2.22. The van der Waals surface area contributed by atoms with Crippen LogP contribution in [-0.2, 0) is 14.3 Å². The van der Waals surface area contributed by atoms with Gasteiger partial charge in [-0.25, -0.2) is 4.79 Å². The zero-order valence-electron chi connectivity index (χ0n) is 13.4. The molecule has 0 spiro atoms. The van der Waals surface area contributed by atoms with Crippen molar-refractivity contribution >= 4 is 12.1 Å². The second-order valence-electron chi connectivity index (χ2n) is 6.09. The SMILES string of the molecule is CCOC(=O)CC(C)(N)C(CC)NC(=O)OC(C)(C)C. The van der Waals surface area contributed by atoms with Crippen molar-refractivity contribution in [2.75, 3.05) is 6.61 Å². The zero-order valence-corrected chi connectivity index (χ0v) is 13.4. The number of carbonyl (C=O) groups excluding carboxylic acids is 2. The third kappa shape index (κ3) is 7.33. The molecule has 2 atom stereocenters. The summed E-state index contributed by atoms with van der Waals surface area (Å²) in [6.45, 7) is 11.0. The molecule has 0 rings (SSSR count). The third-order valence-electron chi connectivity index (χ3n) is 2.73. The Morgan fingerprint density at radius 2 is 1.75 bits per heavy atom. The molecule has 0 saturated heterocycles. The molecule has 1 amide bonds. The molecule has 0 radical (unpaired) electrons. The van der Waals surface area contributed by atoms with Crippen molar-refractivity contribution in [3.8, 4) is 0 Å². The normalized spacial score (nSPS) is 15.9. The molecule has 0 heterocycles. The summed E-state index contributed by atoms with van der Waals surface area (Å²) in [5, 5.41) is 2.72. The first-order chi connectivity index (χ1) is 9.01. The summed E-state index contributed by atoms with van der Waals surface area (Å²) >= 11 is 0. The Labute approximate surface area is 121 Å². The van der Waals surface area contributed by atoms with Crippen LogP contribution in [0.3, 0.4) is 0 Å². The Hall–Kier alpha value is -1.30. The van der Waals surface area contributed by atoms with Crippen LogP contribution in [0.1, 0.15) is 54.4 Å². The van der Waals surface area contributed by atoms with Crippen molar-refractivity contribution in [2.45, 2.75) is 71.6 Å². The van der Waals surface area contributed by atoms with Crippen LogP contribution >= 0.6 is 0 Å². The van der Waals surface area contributed by atoms with Gasteiger partial charge in [0.15, 0.2) is 0 Å². The van der Waals surface area contributed by atoms with Gasteiger partial charge in [-0.05, 0) is 41.0 Å². The Balaban J connectivity index is 4.64. The van der Waals surface area contributed by atoms with Gasteiger partial charge in [0.05, 0.1) is 19.1 Å². The largest absolute Gasteiger partial charge is 0.466 e. The number of ether oxygens (including phenoxy) is 2. The Morgan fingerprint density at radius 3 is 2.15 bits per heavy atom. The molecule has 0 aromatic carbocycles. The minimum Gasteiger partial charge on any atom is -0.466 e. The molecular formula is C14H28N2O4. The van der Waals surface area contributed by atoms with E-state index in [1.807, 2.05) is 6.92 Å². The lowest BCUT2D eigenvalue weighted by Gasteiger charge is -2.34. The van der Waals surface area contributed by atoms with Crippen LogP contribution in [0.5, 0.6) is 0 Å². The lowest BCUT2D eigenvalue weighted by molar-refractivity contribution is -0.144. The number of nitrogens with one attached hydrogen (secondary N) is 1. The van der Waals surface area contributed by atoms with E-state index in [0.717, 1.165) is 0 Å². The van der Waals surface area contributed by atoms with Crippen LogP contribution in [-0.4, -0.2) is 35.9 Å².